The molecule has 25 heavy (non-hydrogen) atoms. The molecule has 5 heteroatoms. The van der Waals surface area contributed by atoms with Gasteiger partial charge in [-0.1, -0.05) is 60.7 Å². The van der Waals surface area contributed by atoms with Crippen molar-refractivity contribution in [2.75, 3.05) is 7.11 Å². The molecule has 0 unspecified atom stereocenters. The van der Waals surface area contributed by atoms with Crippen LogP contribution in [-0.4, -0.2) is 31.1 Å². The van der Waals surface area contributed by atoms with Gasteiger partial charge in [-0.25, -0.2) is 4.79 Å². The summed E-state index contributed by atoms with van der Waals surface area (Å²) in [4.78, 5) is 24.1. The maximum absolute atomic E-state index is 12.1. The number of benzene rings is 2. The van der Waals surface area contributed by atoms with Crippen molar-refractivity contribution in [2.45, 2.75) is 32.3 Å². The van der Waals surface area contributed by atoms with Gasteiger partial charge >= 0.3 is 5.97 Å². The Balaban J connectivity index is 2.07. The summed E-state index contributed by atoms with van der Waals surface area (Å²) < 4.78 is 16.1. The minimum atomic E-state index is -1.12. The van der Waals surface area contributed by atoms with Gasteiger partial charge in [0.05, 0.1) is 20.3 Å². The molecule has 0 N–H and O–H groups in total. The number of rotatable bonds is 9. The molecule has 0 heterocycles. The second kappa shape index (κ2) is 9.71. The Kier molecular flexibility index (Phi) is 7.32. The van der Waals surface area contributed by atoms with Crippen LogP contribution < -0.4 is 0 Å². The SMILES string of the molecule is COC(=O)[C@H](OCc1ccccc1)[C@@H](OCc1ccccc1)C(C)=O. The molecule has 0 spiro atoms. The van der Waals surface area contributed by atoms with Gasteiger partial charge in [-0.15, -0.1) is 0 Å². The third kappa shape index (κ3) is 5.81. The molecule has 5 nitrogen and oxygen atoms in total. The first-order chi connectivity index (χ1) is 12.1. The predicted molar refractivity (Wildman–Crippen MR) is 92.7 cm³/mol. The lowest BCUT2D eigenvalue weighted by Crippen LogP contribution is -2.43. The Morgan fingerprint density at radius 1 is 0.800 bits per heavy atom. The first-order valence-electron chi connectivity index (χ1n) is 8.01. The van der Waals surface area contributed by atoms with Gasteiger partial charge in [0.25, 0.3) is 0 Å². The molecule has 2 aromatic rings. The van der Waals surface area contributed by atoms with E-state index >= 15 is 0 Å². The third-order valence-electron chi connectivity index (χ3n) is 3.65. The van der Waals surface area contributed by atoms with Crippen LogP contribution >= 0.6 is 0 Å². The summed E-state index contributed by atoms with van der Waals surface area (Å²) in [5.74, 6) is -0.927. The fraction of sp³-hybridized carbons (Fsp3) is 0.300. The van der Waals surface area contributed by atoms with E-state index in [1.54, 1.807) is 0 Å². The van der Waals surface area contributed by atoms with Crippen LogP contribution in [0.15, 0.2) is 60.7 Å². The topological polar surface area (TPSA) is 61.8 Å². The lowest BCUT2D eigenvalue weighted by atomic mass is 10.1. The van der Waals surface area contributed by atoms with E-state index < -0.39 is 18.2 Å². The molecule has 0 saturated carbocycles. The number of ether oxygens (including phenoxy) is 3. The highest BCUT2D eigenvalue weighted by molar-refractivity contribution is 5.88. The highest BCUT2D eigenvalue weighted by Crippen LogP contribution is 2.14. The third-order valence-corrected chi connectivity index (χ3v) is 3.65. The minimum absolute atomic E-state index is 0.180. The van der Waals surface area contributed by atoms with Crippen LogP contribution in [0.2, 0.25) is 0 Å². The molecule has 0 amide bonds. The van der Waals surface area contributed by atoms with Crippen LogP contribution in [-0.2, 0) is 37.0 Å². The Labute approximate surface area is 147 Å². The van der Waals surface area contributed by atoms with Crippen molar-refractivity contribution in [2.24, 2.45) is 0 Å². The maximum atomic E-state index is 12.1. The van der Waals surface area contributed by atoms with Crippen molar-refractivity contribution in [1.82, 2.24) is 0 Å². The molecule has 0 saturated heterocycles. The van der Waals surface area contributed by atoms with Gasteiger partial charge in [-0.3, -0.25) is 4.79 Å². The lowest BCUT2D eigenvalue weighted by molar-refractivity contribution is -0.172. The van der Waals surface area contributed by atoms with Crippen molar-refractivity contribution < 1.29 is 23.8 Å². The highest BCUT2D eigenvalue weighted by atomic mass is 16.6. The van der Waals surface area contributed by atoms with E-state index in [0.29, 0.717) is 0 Å². The quantitative estimate of drug-likeness (QED) is 0.656. The van der Waals surface area contributed by atoms with Gasteiger partial charge in [0, 0.05) is 0 Å². The van der Waals surface area contributed by atoms with Crippen molar-refractivity contribution in [1.29, 1.82) is 0 Å². The summed E-state index contributed by atoms with van der Waals surface area (Å²) in [5, 5.41) is 0. The second-order valence-electron chi connectivity index (χ2n) is 5.57. The molecule has 0 aliphatic heterocycles. The lowest BCUT2D eigenvalue weighted by Gasteiger charge is -2.24. The standard InChI is InChI=1S/C20H22O5/c1-15(21)18(24-13-16-9-5-3-6-10-16)19(20(22)23-2)25-14-17-11-7-4-8-12-17/h3-12,18-19H,13-14H2,1-2H3/t18-,19+/m0/s1. The molecule has 0 bridgehead atoms. The predicted octanol–water partition coefficient (Wildman–Crippen LogP) is 2.92. The van der Waals surface area contributed by atoms with Crippen LogP contribution in [0.25, 0.3) is 0 Å². The van der Waals surface area contributed by atoms with Crippen LogP contribution in [0.3, 0.4) is 0 Å². The van der Waals surface area contributed by atoms with Crippen molar-refractivity contribution in [3.63, 3.8) is 0 Å². The average Bonchev–Trinajstić information content (AvgIpc) is 2.65. The molecule has 0 fully saturated rings. The van der Waals surface area contributed by atoms with E-state index in [9.17, 15) is 9.59 Å². The number of carbonyl (C=O) groups is 2. The van der Waals surface area contributed by atoms with E-state index in [2.05, 4.69) is 0 Å². The summed E-state index contributed by atoms with van der Waals surface area (Å²) >= 11 is 0. The molecular weight excluding hydrogens is 320 g/mol. The van der Waals surface area contributed by atoms with E-state index in [1.807, 2.05) is 60.7 Å². The van der Waals surface area contributed by atoms with E-state index in [-0.39, 0.29) is 19.0 Å². The molecule has 2 rings (SSSR count). The number of Topliss-reactive ketones (excluding diaryl/α,β-unsaturated/α-hetero) is 1. The summed E-state index contributed by atoms with van der Waals surface area (Å²) in [7, 11) is 1.26. The second-order valence-corrected chi connectivity index (χ2v) is 5.57. The average molecular weight is 342 g/mol. The number of esters is 1. The first-order valence-corrected chi connectivity index (χ1v) is 8.01. The highest BCUT2D eigenvalue weighted by Gasteiger charge is 2.34. The fourth-order valence-corrected chi connectivity index (χ4v) is 2.33. The largest absolute Gasteiger partial charge is 0.467 e. The van der Waals surface area contributed by atoms with E-state index in [0.717, 1.165) is 11.1 Å². The number of hydrogen-bond donors (Lipinski definition) is 0. The summed E-state index contributed by atoms with van der Waals surface area (Å²) in [6.07, 6.45) is -2.15. The molecule has 2 atom stereocenters. The Bertz CT molecular complexity index is 669. The Morgan fingerprint density at radius 3 is 1.64 bits per heavy atom. The van der Waals surface area contributed by atoms with Gasteiger partial charge < -0.3 is 14.2 Å². The van der Waals surface area contributed by atoms with Crippen LogP contribution in [0.5, 0.6) is 0 Å². The zero-order valence-corrected chi connectivity index (χ0v) is 14.4. The summed E-state index contributed by atoms with van der Waals surface area (Å²) in [5.41, 5.74) is 1.79. The molecule has 0 aliphatic rings. The number of methoxy groups -OCH3 is 1. The van der Waals surface area contributed by atoms with E-state index in [1.165, 1.54) is 14.0 Å². The molecular formula is C20H22O5. The number of ketones is 1. The van der Waals surface area contributed by atoms with Gasteiger partial charge in [-0.2, -0.15) is 0 Å². The van der Waals surface area contributed by atoms with Crippen molar-refractivity contribution in [3.05, 3.63) is 71.8 Å². The molecule has 2 aromatic carbocycles. The molecule has 0 radical (unpaired) electrons. The monoisotopic (exact) mass is 342 g/mol. The molecule has 132 valence electrons. The first kappa shape index (κ1) is 18.8. The van der Waals surface area contributed by atoms with Gasteiger partial charge in [0.2, 0.25) is 0 Å². The molecule has 0 aliphatic carbocycles. The van der Waals surface area contributed by atoms with Crippen LogP contribution in [0, 0.1) is 0 Å². The summed E-state index contributed by atoms with van der Waals surface area (Å²) in [6.45, 7) is 1.75. The zero-order valence-electron chi connectivity index (χ0n) is 14.4. The normalized spacial score (nSPS) is 13.0. The van der Waals surface area contributed by atoms with Crippen molar-refractivity contribution >= 4 is 11.8 Å². The van der Waals surface area contributed by atoms with Gasteiger partial charge in [0.15, 0.2) is 18.0 Å². The Hall–Kier alpha value is -2.50. The molecule has 0 aromatic heterocycles. The fourth-order valence-electron chi connectivity index (χ4n) is 2.33. The van der Waals surface area contributed by atoms with Crippen LogP contribution in [0.1, 0.15) is 18.1 Å². The number of carbonyl (C=O) groups excluding carboxylic acids is 2. The van der Waals surface area contributed by atoms with Gasteiger partial charge in [0.1, 0.15) is 0 Å². The van der Waals surface area contributed by atoms with Crippen molar-refractivity contribution in [3.8, 4) is 0 Å². The zero-order chi connectivity index (χ0) is 18.1. The van der Waals surface area contributed by atoms with E-state index in [4.69, 9.17) is 14.2 Å². The number of hydrogen-bond acceptors (Lipinski definition) is 5. The van der Waals surface area contributed by atoms with Crippen LogP contribution in [0.4, 0.5) is 0 Å². The minimum Gasteiger partial charge on any atom is -0.467 e. The van der Waals surface area contributed by atoms with Gasteiger partial charge in [-0.05, 0) is 18.1 Å². The smallest absolute Gasteiger partial charge is 0.338 e. The summed E-state index contributed by atoms with van der Waals surface area (Å²) in [6, 6.07) is 18.8. The Morgan fingerprint density at radius 2 is 1.24 bits per heavy atom. The maximum Gasteiger partial charge on any atom is 0.338 e.